The Bertz CT molecular complexity index is 177. The van der Waals surface area contributed by atoms with Crippen molar-refractivity contribution in [1.29, 1.82) is 0 Å². The van der Waals surface area contributed by atoms with Gasteiger partial charge in [0.05, 0.1) is 0 Å². The molecule has 0 amide bonds. The van der Waals surface area contributed by atoms with Crippen LogP contribution in [0.5, 0.6) is 0 Å². The van der Waals surface area contributed by atoms with Crippen LogP contribution in [-0.2, 0) is 0 Å². The number of rotatable bonds is 6. The molecule has 1 rings (SSSR count). The second kappa shape index (κ2) is 6.61. The lowest BCUT2D eigenvalue weighted by Crippen LogP contribution is -2.56. The number of hydrogen-bond acceptors (Lipinski definition) is 2. The molecule has 0 heterocycles. The minimum atomic E-state index is 0.332. The van der Waals surface area contributed by atoms with Crippen molar-refractivity contribution in [3.05, 3.63) is 0 Å². The van der Waals surface area contributed by atoms with Crippen LogP contribution < -0.4 is 5.73 Å². The lowest BCUT2D eigenvalue weighted by molar-refractivity contribution is 0.0445. The van der Waals surface area contributed by atoms with E-state index in [4.69, 9.17) is 5.73 Å². The van der Waals surface area contributed by atoms with E-state index < -0.39 is 0 Å². The lowest BCUT2D eigenvalue weighted by Gasteiger charge is -2.47. The molecule has 0 aliphatic heterocycles. The molecule has 0 bridgehead atoms. The van der Waals surface area contributed by atoms with Crippen LogP contribution in [-0.4, -0.2) is 30.1 Å². The minimum absolute atomic E-state index is 0.332. The molecule has 0 spiro atoms. The first-order valence-electron chi connectivity index (χ1n) is 7.13. The molecule has 0 saturated heterocycles. The molecule has 16 heavy (non-hydrogen) atoms. The van der Waals surface area contributed by atoms with Crippen LogP contribution >= 0.6 is 0 Å². The van der Waals surface area contributed by atoms with Gasteiger partial charge in [-0.2, -0.15) is 0 Å². The Hall–Kier alpha value is -0.0800. The second-order valence-corrected chi connectivity index (χ2v) is 5.60. The van der Waals surface area contributed by atoms with Gasteiger partial charge in [-0.05, 0) is 57.5 Å². The maximum absolute atomic E-state index is 6.10. The summed E-state index contributed by atoms with van der Waals surface area (Å²) in [5.74, 6) is 0.907. The molecule has 2 heteroatoms. The van der Waals surface area contributed by atoms with Crippen LogP contribution in [0.2, 0.25) is 0 Å². The third-order valence-electron chi connectivity index (χ3n) is 4.24. The van der Waals surface area contributed by atoms with Gasteiger partial charge in [-0.3, -0.25) is 4.90 Å². The first kappa shape index (κ1) is 14.0. The molecule has 1 fully saturated rings. The van der Waals surface area contributed by atoms with Gasteiger partial charge in [0.2, 0.25) is 0 Å². The van der Waals surface area contributed by atoms with Crippen molar-refractivity contribution >= 4 is 0 Å². The van der Waals surface area contributed by atoms with Gasteiger partial charge >= 0.3 is 0 Å². The van der Waals surface area contributed by atoms with E-state index in [1.165, 1.54) is 51.6 Å². The molecule has 2 N–H and O–H groups in total. The lowest BCUT2D eigenvalue weighted by atomic mass is 9.76. The summed E-state index contributed by atoms with van der Waals surface area (Å²) in [6.45, 7) is 10.2. The highest BCUT2D eigenvalue weighted by atomic mass is 15.2. The third kappa shape index (κ3) is 3.21. The van der Waals surface area contributed by atoms with E-state index in [2.05, 4.69) is 25.7 Å². The largest absolute Gasteiger partial charge is 0.329 e. The van der Waals surface area contributed by atoms with Crippen LogP contribution in [0.25, 0.3) is 0 Å². The SMILES string of the molecule is CCCN(CCC)C1(CN)CCC(C)CC1. The van der Waals surface area contributed by atoms with E-state index in [0.717, 1.165) is 12.5 Å². The van der Waals surface area contributed by atoms with Gasteiger partial charge in [0.25, 0.3) is 0 Å². The standard InChI is InChI=1S/C14H30N2/c1-4-10-16(11-5-2)14(12-15)8-6-13(3)7-9-14/h13H,4-12,15H2,1-3H3. The predicted molar refractivity (Wildman–Crippen MR) is 71.6 cm³/mol. The fourth-order valence-corrected chi connectivity index (χ4v) is 3.07. The highest BCUT2D eigenvalue weighted by Gasteiger charge is 2.37. The Morgan fingerprint density at radius 3 is 2.00 bits per heavy atom. The second-order valence-electron chi connectivity index (χ2n) is 5.60. The third-order valence-corrected chi connectivity index (χ3v) is 4.24. The summed E-state index contributed by atoms with van der Waals surface area (Å²) in [5, 5.41) is 0. The molecule has 0 unspecified atom stereocenters. The van der Waals surface area contributed by atoms with Crippen molar-refractivity contribution < 1.29 is 0 Å². The van der Waals surface area contributed by atoms with Gasteiger partial charge in [-0.1, -0.05) is 20.8 Å². The first-order valence-corrected chi connectivity index (χ1v) is 7.13. The van der Waals surface area contributed by atoms with E-state index in [1.807, 2.05) is 0 Å². The van der Waals surface area contributed by atoms with Crippen molar-refractivity contribution in [1.82, 2.24) is 4.90 Å². The summed E-state index contributed by atoms with van der Waals surface area (Å²) < 4.78 is 0. The van der Waals surface area contributed by atoms with Gasteiger partial charge < -0.3 is 5.73 Å². The normalized spacial score (nSPS) is 30.9. The van der Waals surface area contributed by atoms with Crippen LogP contribution in [0.4, 0.5) is 0 Å². The molecule has 0 aromatic rings. The number of hydrogen-bond donors (Lipinski definition) is 1. The zero-order valence-corrected chi connectivity index (χ0v) is 11.5. The van der Waals surface area contributed by atoms with Gasteiger partial charge in [0.1, 0.15) is 0 Å². The topological polar surface area (TPSA) is 29.3 Å². The minimum Gasteiger partial charge on any atom is -0.329 e. The van der Waals surface area contributed by atoms with Crippen molar-refractivity contribution in [3.8, 4) is 0 Å². The molecular weight excluding hydrogens is 196 g/mol. The van der Waals surface area contributed by atoms with Crippen molar-refractivity contribution in [3.63, 3.8) is 0 Å². The van der Waals surface area contributed by atoms with Crippen LogP contribution in [0, 0.1) is 5.92 Å². The molecule has 0 aromatic heterocycles. The first-order chi connectivity index (χ1) is 7.68. The van der Waals surface area contributed by atoms with Gasteiger partial charge in [0.15, 0.2) is 0 Å². The monoisotopic (exact) mass is 226 g/mol. The molecule has 1 aliphatic carbocycles. The molecular formula is C14H30N2. The predicted octanol–water partition coefficient (Wildman–Crippen LogP) is 3.02. The Kier molecular flexibility index (Phi) is 5.77. The zero-order chi connectivity index (χ0) is 12.0. The van der Waals surface area contributed by atoms with E-state index >= 15 is 0 Å². The molecule has 1 aliphatic rings. The average molecular weight is 226 g/mol. The Morgan fingerprint density at radius 1 is 1.12 bits per heavy atom. The fourth-order valence-electron chi connectivity index (χ4n) is 3.07. The quantitative estimate of drug-likeness (QED) is 0.754. The Labute approximate surface area is 102 Å². The smallest absolute Gasteiger partial charge is 0.0331 e. The van der Waals surface area contributed by atoms with Crippen LogP contribution in [0.3, 0.4) is 0 Å². The highest BCUT2D eigenvalue weighted by Crippen LogP contribution is 2.35. The molecule has 96 valence electrons. The number of nitrogens with zero attached hydrogens (tertiary/aromatic N) is 1. The summed E-state index contributed by atoms with van der Waals surface area (Å²) in [4.78, 5) is 2.68. The maximum Gasteiger partial charge on any atom is 0.0331 e. The Morgan fingerprint density at radius 2 is 1.62 bits per heavy atom. The summed E-state index contributed by atoms with van der Waals surface area (Å²) >= 11 is 0. The number of nitrogens with two attached hydrogens (primary N) is 1. The zero-order valence-electron chi connectivity index (χ0n) is 11.5. The fraction of sp³-hybridized carbons (Fsp3) is 1.00. The van der Waals surface area contributed by atoms with Crippen LogP contribution in [0.15, 0.2) is 0 Å². The van der Waals surface area contributed by atoms with E-state index in [9.17, 15) is 0 Å². The highest BCUT2D eigenvalue weighted by molar-refractivity contribution is 4.95. The molecule has 2 nitrogen and oxygen atoms in total. The van der Waals surface area contributed by atoms with Crippen LogP contribution in [0.1, 0.15) is 59.3 Å². The molecule has 1 saturated carbocycles. The maximum atomic E-state index is 6.10. The molecule has 0 atom stereocenters. The molecule has 0 radical (unpaired) electrons. The van der Waals surface area contributed by atoms with Gasteiger partial charge in [-0.25, -0.2) is 0 Å². The molecule has 0 aromatic carbocycles. The van der Waals surface area contributed by atoms with Gasteiger partial charge in [0, 0.05) is 12.1 Å². The van der Waals surface area contributed by atoms with E-state index in [0.29, 0.717) is 5.54 Å². The van der Waals surface area contributed by atoms with E-state index in [1.54, 1.807) is 0 Å². The summed E-state index contributed by atoms with van der Waals surface area (Å²) in [6.07, 6.45) is 7.84. The van der Waals surface area contributed by atoms with Crippen molar-refractivity contribution in [2.45, 2.75) is 64.8 Å². The van der Waals surface area contributed by atoms with E-state index in [-0.39, 0.29) is 0 Å². The summed E-state index contributed by atoms with van der Waals surface area (Å²) in [5.41, 5.74) is 6.44. The average Bonchev–Trinajstić information content (AvgIpc) is 2.31. The van der Waals surface area contributed by atoms with Crippen molar-refractivity contribution in [2.75, 3.05) is 19.6 Å². The summed E-state index contributed by atoms with van der Waals surface area (Å²) in [6, 6.07) is 0. The van der Waals surface area contributed by atoms with Crippen molar-refractivity contribution in [2.24, 2.45) is 11.7 Å². The summed E-state index contributed by atoms with van der Waals surface area (Å²) in [7, 11) is 0. The Balaban J connectivity index is 2.67. The van der Waals surface area contributed by atoms with Gasteiger partial charge in [-0.15, -0.1) is 0 Å².